The van der Waals surface area contributed by atoms with Gasteiger partial charge >= 0.3 is 0 Å². The van der Waals surface area contributed by atoms with E-state index in [1.54, 1.807) is 12.1 Å². The van der Waals surface area contributed by atoms with Crippen LogP contribution < -0.4 is 10.2 Å². The Labute approximate surface area is 144 Å². The maximum atomic E-state index is 14.3. The van der Waals surface area contributed by atoms with Crippen molar-refractivity contribution in [2.24, 2.45) is 0 Å². The molecule has 1 fully saturated rings. The Morgan fingerprint density at radius 1 is 1.38 bits per heavy atom. The molecule has 0 unspecified atom stereocenters. The van der Waals surface area contributed by atoms with Crippen LogP contribution in [-0.4, -0.2) is 18.4 Å². The van der Waals surface area contributed by atoms with Gasteiger partial charge < -0.3 is 10.2 Å². The van der Waals surface area contributed by atoms with Crippen LogP contribution in [0.5, 0.6) is 0 Å². The fourth-order valence-electron chi connectivity index (χ4n) is 2.88. The number of amides is 2. The van der Waals surface area contributed by atoms with Crippen LogP contribution in [0.25, 0.3) is 0 Å². The van der Waals surface area contributed by atoms with Gasteiger partial charge in [0.05, 0.1) is 10.6 Å². The van der Waals surface area contributed by atoms with E-state index in [2.05, 4.69) is 5.32 Å². The summed E-state index contributed by atoms with van der Waals surface area (Å²) in [5.41, 5.74) is 1.76. The highest BCUT2D eigenvalue weighted by Gasteiger charge is 2.24. The molecule has 2 aromatic rings. The van der Waals surface area contributed by atoms with E-state index in [-0.39, 0.29) is 17.5 Å². The Morgan fingerprint density at radius 2 is 2.17 bits per heavy atom. The summed E-state index contributed by atoms with van der Waals surface area (Å²) < 4.78 is 14.3. The van der Waals surface area contributed by atoms with Crippen LogP contribution in [0, 0.1) is 12.7 Å². The van der Waals surface area contributed by atoms with Crippen molar-refractivity contribution in [3.63, 3.8) is 0 Å². The zero-order chi connectivity index (χ0) is 17.3. The van der Waals surface area contributed by atoms with Crippen LogP contribution in [0.3, 0.4) is 0 Å². The molecule has 1 saturated heterocycles. The number of aryl methyl sites for hydroxylation is 2. The summed E-state index contributed by atoms with van der Waals surface area (Å²) in [7, 11) is 0. The first-order valence-corrected chi connectivity index (χ1v) is 8.82. The van der Waals surface area contributed by atoms with Crippen molar-refractivity contribution in [2.75, 3.05) is 16.8 Å². The lowest BCUT2D eigenvalue weighted by molar-refractivity contribution is -0.117. The Kier molecular flexibility index (Phi) is 4.66. The minimum absolute atomic E-state index is 0.0631. The van der Waals surface area contributed by atoms with E-state index in [1.807, 2.05) is 19.9 Å². The van der Waals surface area contributed by atoms with Gasteiger partial charge in [0.2, 0.25) is 5.91 Å². The molecule has 2 heterocycles. The Balaban J connectivity index is 1.76. The minimum Gasteiger partial charge on any atom is -0.321 e. The average Bonchev–Trinajstić information content (AvgIpc) is 3.13. The van der Waals surface area contributed by atoms with Crippen LogP contribution in [-0.2, 0) is 11.2 Å². The highest BCUT2D eigenvalue weighted by atomic mass is 32.1. The van der Waals surface area contributed by atoms with Crippen LogP contribution >= 0.6 is 11.3 Å². The zero-order valence-electron chi connectivity index (χ0n) is 13.7. The smallest absolute Gasteiger partial charge is 0.265 e. The quantitative estimate of drug-likeness (QED) is 0.905. The number of carbonyl (C=O) groups is 2. The normalized spacial score (nSPS) is 14.3. The van der Waals surface area contributed by atoms with Gasteiger partial charge in [-0.1, -0.05) is 6.92 Å². The van der Waals surface area contributed by atoms with Gasteiger partial charge in [-0.25, -0.2) is 4.39 Å². The van der Waals surface area contributed by atoms with Gasteiger partial charge in [0.25, 0.3) is 5.91 Å². The van der Waals surface area contributed by atoms with Crippen molar-refractivity contribution in [1.82, 2.24) is 0 Å². The van der Waals surface area contributed by atoms with Gasteiger partial charge in [-0.15, -0.1) is 11.3 Å². The third kappa shape index (κ3) is 3.19. The fraction of sp³-hybridized carbons (Fsp3) is 0.333. The lowest BCUT2D eigenvalue weighted by Gasteiger charge is -2.17. The van der Waals surface area contributed by atoms with E-state index in [4.69, 9.17) is 0 Å². The van der Waals surface area contributed by atoms with Crippen molar-refractivity contribution < 1.29 is 14.0 Å². The Hall–Kier alpha value is -2.21. The predicted octanol–water partition coefficient (Wildman–Crippen LogP) is 4.14. The largest absolute Gasteiger partial charge is 0.321 e. The lowest BCUT2D eigenvalue weighted by Crippen LogP contribution is -2.24. The molecule has 4 nitrogen and oxygen atoms in total. The molecule has 6 heteroatoms. The monoisotopic (exact) mass is 346 g/mol. The molecule has 1 aliphatic rings. The fourth-order valence-corrected chi connectivity index (χ4v) is 3.89. The van der Waals surface area contributed by atoms with E-state index in [9.17, 15) is 14.0 Å². The summed E-state index contributed by atoms with van der Waals surface area (Å²) in [5, 5.41) is 2.72. The van der Waals surface area contributed by atoms with Crippen molar-refractivity contribution in [1.29, 1.82) is 0 Å². The van der Waals surface area contributed by atoms with Gasteiger partial charge in [-0.05, 0) is 49.6 Å². The van der Waals surface area contributed by atoms with Crippen LogP contribution in [0.15, 0.2) is 24.3 Å². The standard InChI is InChI=1S/C18H19FN2O2S/c1-3-15-11(2)9-16(24-15)18(23)20-12-6-7-14(13(19)10-12)21-8-4-5-17(21)22/h6-7,9-10H,3-5,8H2,1-2H3,(H,20,23). The molecule has 2 amide bonds. The maximum absolute atomic E-state index is 14.3. The molecule has 0 saturated carbocycles. The highest BCUT2D eigenvalue weighted by Crippen LogP contribution is 2.28. The molecule has 1 aliphatic heterocycles. The van der Waals surface area contributed by atoms with Crippen LogP contribution in [0.1, 0.15) is 39.9 Å². The zero-order valence-corrected chi connectivity index (χ0v) is 14.5. The molecule has 3 rings (SSSR count). The number of carbonyl (C=O) groups excluding carboxylic acids is 2. The SMILES string of the molecule is CCc1sc(C(=O)Nc2ccc(N3CCCC3=O)c(F)c2)cc1C. The van der Waals surface area contributed by atoms with Crippen molar-refractivity contribution in [3.8, 4) is 0 Å². The van der Waals surface area contributed by atoms with E-state index >= 15 is 0 Å². The molecule has 0 aliphatic carbocycles. The third-order valence-corrected chi connectivity index (χ3v) is 5.52. The number of hydrogen-bond acceptors (Lipinski definition) is 3. The molecule has 24 heavy (non-hydrogen) atoms. The molecule has 1 aromatic carbocycles. The molecule has 126 valence electrons. The molecule has 1 aromatic heterocycles. The van der Waals surface area contributed by atoms with Gasteiger partial charge in [-0.2, -0.15) is 0 Å². The van der Waals surface area contributed by atoms with Crippen molar-refractivity contribution in [2.45, 2.75) is 33.1 Å². The molecule has 0 spiro atoms. The number of halogens is 1. The third-order valence-electron chi connectivity index (χ3n) is 4.14. The summed E-state index contributed by atoms with van der Waals surface area (Å²) in [4.78, 5) is 27.3. The molecular weight excluding hydrogens is 327 g/mol. The summed E-state index contributed by atoms with van der Waals surface area (Å²) in [6.07, 6.45) is 2.08. The van der Waals surface area contributed by atoms with Crippen molar-refractivity contribution >= 4 is 34.5 Å². The Morgan fingerprint density at radius 3 is 2.75 bits per heavy atom. The van der Waals surface area contributed by atoms with E-state index in [0.717, 1.165) is 18.4 Å². The number of hydrogen-bond donors (Lipinski definition) is 1. The summed E-state index contributed by atoms with van der Waals surface area (Å²) in [6, 6.07) is 6.29. The number of nitrogens with zero attached hydrogens (tertiary/aromatic N) is 1. The second kappa shape index (κ2) is 6.73. The molecule has 0 bridgehead atoms. The van der Waals surface area contributed by atoms with Crippen LogP contribution in [0.4, 0.5) is 15.8 Å². The molecule has 0 radical (unpaired) electrons. The van der Waals surface area contributed by atoms with Gasteiger partial charge in [-0.3, -0.25) is 9.59 Å². The predicted molar refractivity (Wildman–Crippen MR) is 94.4 cm³/mol. The molecular formula is C18H19FN2O2S. The first-order chi connectivity index (χ1) is 11.5. The van der Waals surface area contributed by atoms with Gasteiger partial charge in [0.15, 0.2) is 0 Å². The number of anilines is 2. The Bertz CT molecular complexity index is 800. The minimum atomic E-state index is -0.500. The van der Waals surface area contributed by atoms with Crippen molar-refractivity contribution in [3.05, 3.63) is 45.4 Å². The second-order valence-corrected chi connectivity index (χ2v) is 6.98. The number of benzene rings is 1. The van der Waals surface area contributed by atoms with E-state index in [1.165, 1.54) is 27.2 Å². The molecule has 1 N–H and O–H groups in total. The van der Waals surface area contributed by atoms with E-state index in [0.29, 0.717) is 23.5 Å². The number of nitrogens with one attached hydrogen (secondary N) is 1. The van der Waals surface area contributed by atoms with Gasteiger partial charge in [0.1, 0.15) is 5.82 Å². The van der Waals surface area contributed by atoms with E-state index < -0.39 is 5.82 Å². The molecule has 0 atom stereocenters. The second-order valence-electron chi connectivity index (χ2n) is 5.84. The average molecular weight is 346 g/mol. The summed E-state index contributed by atoms with van der Waals surface area (Å²) in [5.74, 6) is -0.807. The van der Waals surface area contributed by atoms with Crippen LogP contribution in [0.2, 0.25) is 0 Å². The lowest BCUT2D eigenvalue weighted by atomic mass is 10.2. The summed E-state index contributed by atoms with van der Waals surface area (Å²) in [6.45, 7) is 4.57. The van der Waals surface area contributed by atoms with Gasteiger partial charge in [0, 0.05) is 23.5 Å². The number of rotatable bonds is 4. The first kappa shape index (κ1) is 16.6. The topological polar surface area (TPSA) is 49.4 Å². The highest BCUT2D eigenvalue weighted by molar-refractivity contribution is 7.14. The maximum Gasteiger partial charge on any atom is 0.265 e. The first-order valence-electron chi connectivity index (χ1n) is 8.00. The number of thiophene rings is 1. The summed E-state index contributed by atoms with van der Waals surface area (Å²) >= 11 is 1.46.